The van der Waals surface area contributed by atoms with E-state index in [0.717, 1.165) is 16.5 Å². The highest BCUT2D eigenvalue weighted by atomic mass is 32.1. The highest BCUT2D eigenvalue weighted by molar-refractivity contribution is 7.26. The van der Waals surface area contributed by atoms with Crippen molar-refractivity contribution in [2.24, 2.45) is 0 Å². The van der Waals surface area contributed by atoms with E-state index in [4.69, 9.17) is 14.4 Å². The Morgan fingerprint density at radius 3 is 2.19 bits per heavy atom. The van der Waals surface area contributed by atoms with Crippen LogP contribution in [0.25, 0.3) is 31.4 Å². The van der Waals surface area contributed by atoms with Gasteiger partial charge in [-0.15, -0.1) is 11.3 Å². The predicted molar refractivity (Wildman–Crippen MR) is 134 cm³/mol. The molecule has 0 N–H and O–H groups in total. The molecule has 5 aromatic heterocycles. The lowest BCUT2D eigenvalue weighted by atomic mass is 10.1. The van der Waals surface area contributed by atoms with Gasteiger partial charge in [0.15, 0.2) is 5.42 Å². The normalized spacial score (nSPS) is 15.9. The van der Waals surface area contributed by atoms with Crippen molar-refractivity contribution in [3.63, 3.8) is 0 Å². The van der Waals surface area contributed by atoms with Crippen molar-refractivity contribution in [2.45, 2.75) is 0 Å². The van der Waals surface area contributed by atoms with Gasteiger partial charge in [-0.1, -0.05) is 36.4 Å². The van der Waals surface area contributed by atoms with Gasteiger partial charge >= 0.3 is 0 Å². The highest BCUT2D eigenvalue weighted by Gasteiger charge is 2.13. The monoisotopic (exact) mass is 482 g/mol. The van der Waals surface area contributed by atoms with Crippen molar-refractivity contribution in [1.29, 1.82) is 0 Å². The smallest absolute Gasteiger partial charge is 0.164 e. The first-order valence-electron chi connectivity index (χ1n) is 11.4. The molecule has 8 heteroatoms. The van der Waals surface area contributed by atoms with Crippen molar-refractivity contribution in [3.05, 3.63) is 129 Å². The summed E-state index contributed by atoms with van der Waals surface area (Å²) in [6.07, 6.45) is 10.1. The molecule has 0 amide bonds. The van der Waals surface area contributed by atoms with Crippen LogP contribution >= 0.6 is 11.3 Å². The summed E-state index contributed by atoms with van der Waals surface area (Å²) >= 11 is 1.76. The molecular formula is C28H14N6OS. The summed E-state index contributed by atoms with van der Waals surface area (Å²) in [7, 11) is 0. The highest BCUT2D eigenvalue weighted by Crippen LogP contribution is 2.39. The van der Waals surface area contributed by atoms with Gasteiger partial charge in [-0.25, -0.2) is 9.97 Å². The van der Waals surface area contributed by atoms with Gasteiger partial charge in [0.1, 0.15) is 32.1 Å². The molecule has 0 saturated heterocycles. The zero-order valence-electron chi connectivity index (χ0n) is 18.6. The molecule has 5 heterocycles. The van der Waals surface area contributed by atoms with Gasteiger partial charge in [0, 0.05) is 50.5 Å². The van der Waals surface area contributed by atoms with Crippen molar-refractivity contribution in [1.82, 2.24) is 29.9 Å². The summed E-state index contributed by atoms with van der Waals surface area (Å²) in [4.78, 5) is 28.5. The largest absolute Gasteiger partial charge is 0.462 e. The van der Waals surface area contributed by atoms with Crippen LogP contribution in [0, 0.1) is 42.7 Å². The molecule has 168 valence electrons. The van der Waals surface area contributed by atoms with Crippen molar-refractivity contribution in [3.8, 4) is 11.3 Å². The first-order chi connectivity index (χ1) is 17.9. The van der Waals surface area contributed by atoms with Gasteiger partial charge < -0.3 is 4.42 Å². The van der Waals surface area contributed by atoms with E-state index in [1.54, 1.807) is 48.6 Å². The number of hydrogen-bond acceptors (Lipinski definition) is 8. The van der Waals surface area contributed by atoms with E-state index in [2.05, 4.69) is 62.4 Å². The van der Waals surface area contributed by atoms with Crippen LogP contribution in [-0.2, 0) is 0 Å². The minimum absolute atomic E-state index is 0.585. The molecule has 1 aliphatic rings. The fourth-order valence-electron chi connectivity index (χ4n) is 4.87. The number of rotatable bonds is 1. The van der Waals surface area contributed by atoms with Crippen LogP contribution in [0.5, 0.6) is 0 Å². The molecule has 7 aromatic rings. The molecule has 0 unspecified atom stereocenters. The van der Waals surface area contributed by atoms with Crippen LogP contribution in [0.3, 0.4) is 0 Å². The molecule has 2 aromatic carbocycles. The molecule has 1 aliphatic carbocycles. The topological polar surface area (TPSA) is 90.5 Å². The molecule has 0 saturated carbocycles. The Bertz CT molecular complexity index is 2400. The molecule has 36 heavy (non-hydrogen) atoms. The van der Waals surface area contributed by atoms with Gasteiger partial charge in [-0.2, -0.15) is 0 Å². The molecule has 0 bridgehead atoms. The first kappa shape index (κ1) is 19.5. The molecule has 0 radical (unpaired) electrons. The summed E-state index contributed by atoms with van der Waals surface area (Å²) in [6.45, 7) is 0. The third-order valence-corrected chi connectivity index (χ3v) is 7.65. The number of nitrogens with zero attached hydrogens (tertiary/aromatic N) is 6. The summed E-state index contributed by atoms with van der Waals surface area (Å²) in [5.74, 6) is 0. The van der Waals surface area contributed by atoms with Crippen LogP contribution in [0.15, 0.2) is 90.2 Å². The average Bonchev–Trinajstić information content (AvgIpc) is 3.57. The van der Waals surface area contributed by atoms with Crippen LogP contribution in [0.4, 0.5) is 0 Å². The van der Waals surface area contributed by atoms with Crippen molar-refractivity contribution in [2.75, 3.05) is 0 Å². The van der Waals surface area contributed by atoms with Crippen LogP contribution < -0.4 is 0 Å². The van der Waals surface area contributed by atoms with Crippen LogP contribution in [-0.4, -0.2) is 29.9 Å². The average molecular weight is 483 g/mol. The Morgan fingerprint density at radius 1 is 0.611 bits per heavy atom. The number of thiophene rings is 1. The number of aromatic nitrogens is 6. The van der Waals surface area contributed by atoms with Crippen molar-refractivity contribution >= 4 is 31.5 Å². The van der Waals surface area contributed by atoms with Gasteiger partial charge in [-0.3, -0.25) is 19.9 Å². The molecule has 0 fully saturated rings. The Labute approximate surface area is 205 Å². The van der Waals surface area contributed by atoms with Gasteiger partial charge in [0.25, 0.3) is 0 Å². The standard InChI is InChI=1S/C28H14N6OS/c1-2-7-20-15(4-1)16-5-3-6-17(28(16)36-20)19-14-33-26-25(34-19)24-23(31-11-12-32-24)22-21(29-9-10-30-22)18-8-13-35-27(18)26/h1-14H/b21-18+,23-22-,25-24-,27-26-. The molecular weight excluding hydrogens is 468 g/mol. The maximum Gasteiger partial charge on any atom is 0.164 e. The number of benzene rings is 2. The minimum Gasteiger partial charge on any atom is -0.462 e. The van der Waals surface area contributed by atoms with E-state index in [-0.39, 0.29) is 0 Å². The zero-order valence-corrected chi connectivity index (χ0v) is 19.4. The van der Waals surface area contributed by atoms with Gasteiger partial charge in [0.05, 0.1) is 23.4 Å². The summed E-state index contributed by atoms with van der Waals surface area (Å²) < 4.78 is 8.34. The molecule has 0 aliphatic heterocycles. The first-order valence-corrected chi connectivity index (χ1v) is 12.2. The zero-order chi connectivity index (χ0) is 23.6. The van der Waals surface area contributed by atoms with E-state index in [1.807, 2.05) is 6.07 Å². The van der Waals surface area contributed by atoms with Crippen LogP contribution in [0.1, 0.15) is 0 Å². The molecule has 0 atom stereocenters. The lowest BCUT2D eigenvalue weighted by Gasteiger charge is -2.03. The lowest BCUT2D eigenvalue weighted by Crippen LogP contribution is -1.99. The maximum absolute atomic E-state index is 5.93. The van der Waals surface area contributed by atoms with E-state index in [1.165, 1.54) is 20.2 Å². The number of fused-ring (bicyclic) bond motifs is 7. The SMILES string of the molecule is c1ccc2c(c1)sc1c(-c3cnc4/c(n3)=c3/nccn/c3=c3\nccn\c3=c3/cco/c3=4)cccc12. The van der Waals surface area contributed by atoms with Crippen molar-refractivity contribution < 1.29 is 4.42 Å². The van der Waals surface area contributed by atoms with Gasteiger partial charge in [-0.05, 0) is 12.1 Å². The third-order valence-electron chi connectivity index (χ3n) is 6.43. The Kier molecular flexibility index (Phi) is 3.97. The Balaban J connectivity index is 1.62. The second-order valence-electron chi connectivity index (χ2n) is 8.40. The predicted octanol–water partition coefficient (Wildman–Crippen LogP) is 5.15. The van der Waals surface area contributed by atoms with E-state index in [9.17, 15) is 0 Å². The fraction of sp³-hybridized carbons (Fsp3) is 0. The second-order valence-corrected chi connectivity index (χ2v) is 9.46. The third kappa shape index (κ3) is 2.67. The Hall–Kier alpha value is -4.82. The fourth-order valence-corrected chi connectivity index (χ4v) is 6.10. The summed E-state index contributed by atoms with van der Waals surface area (Å²) in [6, 6.07) is 16.6. The number of furan rings is 1. The molecule has 0 spiro atoms. The van der Waals surface area contributed by atoms with E-state index in [0.29, 0.717) is 37.5 Å². The minimum atomic E-state index is 0.585. The molecule has 7 nitrogen and oxygen atoms in total. The quantitative estimate of drug-likeness (QED) is 0.320. The molecule has 8 rings (SSSR count). The second kappa shape index (κ2) is 7.34. The maximum atomic E-state index is 5.93. The van der Waals surface area contributed by atoms with E-state index >= 15 is 0 Å². The van der Waals surface area contributed by atoms with E-state index < -0.39 is 0 Å². The number of hydrogen-bond donors (Lipinski definition) is 0. The Morgan fingerprint density at radius 2 is 1.33 bits per heavy atom. The van der Waals surface area contributed by atoms with Crippen LogP contribution in [0.2, 0.25) is 0 Å². The summed E-state index contributed by atoms with van der Waals surface area (Å²) in [5, 5.41) is 6.95. The van der Waals surface area contributed by atoms with Gasteiger partial charge in [0.2, 0.25) is 0 Å². The summed E-state index contributed by atoms with van der Waals surface area (Å²) in [5.41, 5.74) is 2.37. The lowest BCUT2D eigenvalue weighted by molar-refractivity contribution is 0.530.